The van der Waals surface area contributed by atoms with Crippen LogP contribution in [0.4, 0.5) is 0 Å². The summed E-state index contributed by atoms with van der Waals surface area (Å²) in [7, 11) is 0. The van der Waals surface area contributed by atoms with E-state index in [-0.39, 0.29) is 12.5 Å². The molecule has 0 aliphatic carbocycles. The molecule has 4 heteroatoms. The SMILES string of the molecule is CC(C(N)O)C(C)(N)CCO. The van der Waals surface area contributed by atoms with E-state index in [0.717, 1.165) is 0 Å². The van der Waals surface area contributed by atoms with E-state index in [2.05, 4.69) is 0 Å². The van der Waals surface area contributed by atoms with Gasteiger partial charge in [-0.1, -0.05) is 6.92 Å². The summed E-state index contributed by atoms with van der Waals surface area (Å²) in [6, 6.07) is 0. The Morgan fingerprint density at radius 1 is 1.55 bits per heavy atom. The van der Waals surface area contributed by atoms with Gasteiger partial charge >= 0.3 is 0 Å². The van der Waals surface area contributed by atoms with Gasteiger partial charge in [0.1, 0.15) is 6.23 Å². The van der Waals surface area contributed by atoms with Crippen molar-refractivity contribution in [3.8, 4) is 0 Å². The summed E-state index contributed by atoms with van der Waals surface area (Å²) in [6.45, 7) is 3.55. The van der Waals surface area contributed by atoms with Gasteiger partial charge in [0.2, 0.25) is 0 Å². The van der Waals surface area contributed by atoms with Crippen molar-refractivity contribution in [1.82, 2.24) is 0 Å². The molecular formula is C7H18N2O2. The second kappa shape index (κ2) is 4.01. The number of rotatable bonds is 4. The van der Waals surface area contributed by atoms with Crippen molar-refractivity contribution < 1.29 is 10.2 Å². The van der Waals surface area contributed by atoms with E-state index in [4.69, 9.17) is 21.7 Å². The number of aliphatic hydroxyl groups excluding tert-OH is 2. The highest BCUT2D eigenvalue weighted by Gasteiger charge is 2.29. The Labute approximate surface area is 67.2 Å². The lowest BCUT2D eigenvalue weighted by Gasteiger charge is -2.32. The average Bonchev–Trinajstić information content (AvgIpc) is 1.86. The lowest BCUT2D eigenvalue weighted by atomic mass is 9.84. The molecule has 0 bridgehead atoms. The lowest BCUT2D eigenvalue weighted by Crippen LogP contribution is -2.51. The molecule has 68 valence electrons. The van der Waals surface area contributed by atoms with Crippen molar-refractivity contribution in [2.75, 3.05) is 6.61 Å². The normalized spacial score (nSPS) is 22.4. The number of hydrogen-bond acceptors (Lipinski definition) is 4. The summed E-state index contributed by atoms with van der Waals surface area (Å²) < 4.78 is 0. The van der Waals surface area contributed by atoms with Crippen LogP contribution in [-0.2, 0) is 0 Å². The minimum atomic E-state index is -0.920. The van der Waals surface area contributed by atoms with Gasteiger partial charge in [-0.3, -0.25) is 0 Å². The number of nitrogens with two attached hydrogens (primary N) is 2. The molecule has 0 aromatic carbocycles. The minimum absolute atomic E-state index is 0.0179. The molecule has 0 aliphatic heterocycles. The fraction of sp³-hybridized carbons (Fsp3) is 1.00. The van der Waals surface area contributed by atoms with E-state index in [9.17, 15) is 0 Å². The maximum atomic E-state index is 9.00. The van der Waals surface area contributed by atoms with Gasteiger partial charge in [0, 0.05) is 18.1 Å². The van der Waals surface area contributed by atoms with Gasteiger partial charge in [-0.05, 0) is 13.3 Å². The van der Waals surface area contributed by atoms with Crippen molar-refractivity contribution in [3.05, 3.63) is 0 Å². The van der Waals surface area contributed by atoms with Crippen molar-refractivity contribution >= 4 is 0 Å². The van der Waals surface area contributed by atoms with Crippen LogP contribution in [0.5, 0.6) is 0 Å². The van der Waals surface area contributed by atoms with Gasteiger partial charge in [0.25, 0.3) is 0 Å². The Morgan fingerprint density at radius 2 is 2.00 bits per heavy atom. The topological polar surface area (TPSA) is 92.5 Å². The maximum Gasteiger partial charge on any atom is 0.106 e. The third-order valence-corrected chi connectivity index (χ3v) is 2.20. The molecule has 0 aliphatic rings. The standard InChI is InChI=1S/C7H18N2O2/c1-5(6(8)11)7(2,9)3-4-10/h5-6,10-11H,3-4,8-9H2,1-2H3. The Morgan fingerprint density at radius 3 is 2.27 bits per heavy atom. The number of aliphatic hydroxyl groups is 2. The van der Waals surface area contributed by atoms with Crippen LogP contribution < -0.4 is 11.5 Å². The maximum absolute atomic E-state index is 9.00. The molecule has 0 aromatic rings. The molecule has 3 unspecified atom stereocenters. The van der Waals surface area contributed by atoms with Crippen molar-refractivity contribution in [1.29, 1.82) is 0 Å². The second-order valence-electron chi connectivity index (χ2n) is 3.26. The molecule has 0 fully saturated rings. The fourth-order valence-electron chi connectivity index (χ4n) is 0.859. The Balaban J connectivity index is 4.05. The van der Waals surface area contributed by atoms with Crippen LogP contribution in [0.2, 0.25) is 0 Å². The third-order valence-electron chi connectivity index (χ3n) is 2.20. The van der Waals surface area contributed by atoms with E-state index >= 15 is 0 Å². The molecule has 11 heavy (non-hydrogen) atoms. The first kappa shape index (κ1) is 10.8. The molecule has 4 nitrogen and oxygen atoms in total. The van der Waals surface area contributed by atoms with Gasteiger partial charge in [0.05, 0.1) is 0 Å². The van der Waals surface area contributed by atoms with Crippen LogP contribution in [0.25, 0.3) is 0 Å². The smallest absolute Gasteiger partial charge is 0.106 e. The molecule has 0 amide bonds. The van der Waals surface area contributed by atoms with Crippen LogP contribution in [-0.4, -0.2) is 28.6 Å². The molecule has 0 heterocycles. The highest BCUT2D eigenvalue weighted by molar-refractivity contribution is 4.86. The second-order valence-corrected chi connectivity index (χ2v) is 3.26. The summed E-state index contributed by atoms with van der Waals surface area (Å²) >= 11 is 0. The van der Waals surface area contributed by atoms with Crippen LogP contribution in [0.3, 0.4) is 0 Å². The lowest BCUT2D eigenvalue weighted by molar-refractivity contribution is 0.0688. The van der Waals surface area contributed by atoms with E-state index in [1.165, 1.54) is 0 Å². The molecule has 0 rings (SSSR count). The van der Waals surface area contributed by atoms with Crippen LogP contribution in [0, 0.1) is 5.92 Å². The number of hydrogen-bond donors (Lipinski definition) is 4. The van der Waals surface area contributed by atoms with E-state index < -0.39 is 11.8 Å². The van der Waals surface area contributed by atoms with Gasteiger partial charge in [-0.15, -0.1) is 0 Å². The molecule has 3 atom stereocenters. The Kier molecular flexibility index (Phi) is 3.96. The molecule has 0 saturated carbocycles. The zero-order valence-electron chi connectivity index (χ0n) is 7.12. The highest BCUT2D eigenvalue weighted by Crippen LogP contribution is 2.18. The van der Waals surface area contributed by atoms with Gasteiger partial charge in [-0.2, -0.15) is 0 Å². The first-order valence-electron chi connectivity index (χ1n) is 3.75. The molecule has 0 radical (unpaired) electrons. The predicted octanol–water partition coefficient (Wildman–Crippen LogP) is -1.00. The molecular weight excluding hydrogens is 144 g/mol. The zero-order valence-corrected chi connectivity index (χ0v) is 7.12. The summed E-state index contributed by atoms with van der Waals surface area (Å²) in [5, 5.41) is 17.6. The Hall–Kier alpha value is -0.160. The first-order chi connectivity index (χ1) is 4.91. The summed E-state index contributed by atoms with van der Waals surface area (Å²) in [6.07, 6.45) is -0.473. The molecule has 6 N–H and O–H groups in total. The van der Waals surface area contributed by atoms with E-state index in [0.29, 0.717) is 6.42 Å². The summed E-state index contributed by atoms with van der Waals surface area (Å²) in [5.41, 5.74) is 10.4. The molecule has 0 spiro atoms. The van der Waals surface area contributed by atoms with Crippen molar-refractivity contribution in [2.24, 2.45) is 17.4 Å². The monoisotopic (exact) mass is 162 g/mol. The zero-order chi connectivity index (χ0) is 9.07. The first-order valence-corrected chi connectivity index (χ1v) is 3.75. The Bertz CT molecular complexity index is 115. The van der Waals surface area contributed by atoms with E-state index in [1.807, 2.05) is 0 Å². The van der Waals surface area contributed by atoms with Gasteiger partial charge < -0.3 is 21.7 Å². The summed E-state index contributed by atoms with van der Waals surface area (Å²) in [4.78, 5) is 0. The average molecular weight is 162 g/mol. The highest BCUT2D eigenvalue weighted by atomic mass is 16.3. The fourth-order valence-corrected chi connectivity index (χ4v) is 0.859. The van der Waals surface area contributed by atoms with Gasteiger partial charge in [-0.25, -0.2) is 0 Å². The van der Waals surface area contributed by atoms with Crippen LogP contribution in [0.1, 0.15) is 20.3 Å². The largest absolute Gasteiger partial charge is 0.396 e. The van der Waals surface area contributed by atoms with Crippen molar-refractivity contribution in [2.45, 2.75) is 32.0 Å². The summed E-state index contributed by atoms with van der Waals surface area (Å²) in [5.74, 6) is -0.213. The minimum Gasteiger partial charge on any atom is -0.396 e. The van der Waals surface area contributed by atoms with E-state index in [1.54, 1.807) is 13.8 Å². The van der Waals surface area contributed by atoms with Crippen LogP contribution in [0.15, 0.2) is 0 Å². The predicted molar refractivity (Wildman–Crippen MR) is 43.7 cm³/mol. The molecule has 0 aromatic heterocycles. The third kappa shape index (κ3) is 3.16. The van der Waals surface area contributed by atoms with Crippen molar-refractivity contribution in [3.63, 3.8) is 0 Å². The quantitative estimate of drug-likeness (QED) is 0.399. The molecule has 0 saturated heterocycles. The van der Waals surface area contributed by atoms with Gasteiger partial charge in [0.15, 0.2) is 0 Å². The van der Waals surface area contributed by atoms with Crippen LogP contribution >= 0.6 is 0 Å².